The standard InChI is InChI=1S/C13H18N2O2/c1-13(2)9-15(12(16)8-17-3)11-7-5-4-6-10(11)14-13/h4-7,14H,8-9H2,1-3H3. The minimum Gasteiger partial charge on any atom is -0.377 e. The van der Waals surface area contributed by atoms with E-state index in [1.165, 1.54) is 7.11 Å². The number of methoxy groups -OCH3 is 1. The molecule has 4 nitrogen and oxygen atoms in total. The van der Waals surface area contributed by atoms with Crippen LogP contribution in [0.5, 0.6) is 0 Å². The van der Waals surface area contributed by atoms with Gasteiger partial charge in [-0.25, -0.2) is 0 Å². The van der Waals surface area contributed by atoms with Crippen LogP contribution in [0.15, 0.2) is 24.3 Å². The number of anilines is 2. The van der Waals surface area contributed by atoms with Gasteiger partial charge in [-0.05, 0) is 26.0 Å². The Morgan fingerprint density at radius 2 is 2.18 bits per heavy atom. The smallest absolute Gasteiger partial charge is 0.253 e. The van der Waals surface area contributed by atoms with Crippen molar-refractivity contribution in [2.75, 3.05) is 30.5 Å². The Hall–Kier alpha value is -1.55. The Balaban J connectivity index is 2.36. The molecule has 1 amide bonds. The molecule has 1 N–H and O–H groups in total. The van der Waals surface area contributed by atoms with E-state index in [1.54, 1.807) is 4.90 Å². The van der Waals surface area contributed by atoms with Gasteiger partial charge in [0, 0.05) is 19.2 Å². The molecule has 1 aromatic carbocycles. The average molecular weight is 234 g/mol. The molecule has 2 rings (SSSR count). The number of nitrogens with zero attached hydrogens (tertiary/aromatic N) is 1. The summed E-state index contributed by atoms with van der Waals surface area (Å²) in [6.07, 6.45) is 0. The number of hydrogen-bond donors (Lipinski definition) is 1. The number of hydrogen-bond acceptors (Lipinski definition) is 3. The van der Waals surface area contributed by atoms with Gasteiger partial charge in [-0.2, -0.15) is 0 Å². The van der Waals surface area contributed by atoms with Gasteiger partial charge >= 0.3 is 0 Å². The Morgan fingerprint density at radius 3 is 2.88 bits per heavy atom. The Morgan fingerprint density at radius 1 is 1.47 bits per heavy atom. The van der Waals surface area contributed by atoms with Crippen molar-refractivity contribution >= 4 is 17.3 Å². The second-order valence-electron chi connectivity index (χ2n) is 4.94. The van der Waals surface area contributed by atoms with Gasteiger partial charge in [0.15, 0.2) is 0 Å². The molecule has 0 fully saturated rings. The monoisotopic (exact) mass is 234 g/mol. The topological polar surface area (TPSA) is 41.6 Å². The summed E-state index contributed by atoms with van der Waals surface area (Å²) in [4.78, 5) is 13.8. The first-order valence-corrected chi connectivity index (χ1v) is 5.70. The van der Waals surface area contributed by atoms with E-state index in [0.717, 1.165) is 11.4 Å². The summed E-state index contributed by atoms with van der Waals surface area (Å²) in [6, 6.07) is 7.84. The molecule has 0 bridgehead atoms. The van der Waals surface area contributed by atoms with Crippen LogP contribution < -0.4 is 10.2 Å². The van der Waals surface area contributed by atoms with E-state index in [9.17, 15) is 4.79 Å². The fourth-order valence-electron chi connectivity index (χ4n) is 2.12. The maximum absolute atomic E-state index is 12.0. The Labute approximate surface area is 102 Å². The van der Waals surface area contributed by atoms with Crippen molar-refractivity contribution < 1.29 is 9.53 Å². The summed E-state index contributed by atoms with van der Waals surface area (Å²) in [7, 11) is 1.54. The average Bonchev–Trinajstić information content (AvgIpc) is 2.27. The van der Waals surface area contributed by atoms with E-state index in [2.05, 4.69) is 19.2 Å². The highest BCUT2D eigenvalue weighted by atomic mass is 16.5. The van der Waals surface area contributed by atoms with Crippen LogP contribution in [0.2, 0.25) is 0 Å². The Kier molecular flexibility index (Phi) is 3.07. The zero-order valence-electron chi connectivity index (χ0n) is 10.5. The highest BCUT2D eigenvalue weighted by Gasteiger charge is 2.32. The summed E-state index contributed by atoms with van der Waals surface area (Å²) in [5.41, 5.74) is 1.79. The molecule has 1 aliphatic heterocycles. The number of fused-ring (bicyclic) bond motifs is 1. The zero-order valence-corrected chi connectivity index (χ0v) is 10.5. The minimum absolute atomic E-state index is 0.00507. The van der Waals surface area contributed by atoms with E-state index in [4.69, 9.17) is 4.74 Å². The third-order valence-electron chi connectivity index (χ3n) is 2.79. The second kappa shape index (κ2) is 4.37. The maximum Gasteiger partial charge on any atom is 0.253 e. The van der Waals surface area contributed by atoms with Gasteiger partial charge in [-0.3, -0.25) is 4.79 Å². The number of ether oxygens (including phenoxy) is 1. The van der Waals surface area contributed by atoms with Gasteiger partial charge in [0.05, 0.1) is 11.4 Å². The number of carbonyl (C=O) groups is 1. The van der Waals surface area contributed by atoms with Crippen molar-refractivity contribution in [3.05, 3.63) is 24.3 Å². The highest BCUT2D eigenvalue weighted by molar-refractivity contribution is 5.98. The van der Waals surface area contributed by atoms with Crippen LogP contribution in [0.3, 0.4) is 0 Å². The van der Waals surface area contributed by atoms with Crippen molar-refractivity contribution in [3.63, 3.8) is 0 Å². The summed E-state index contributed by atoms with van der Waals surface area (Å²) < 4.78 is 4.93. The molecule has 0 unspecified atom stereocenters. The number of nitrogens with one attached hydrogen (secondary N) is 1. The molecule has 0 aromatic heterocycles. The molecule has 0 atom stereocenters. The number of rotatable bonds is 2. The summed E-state index contributed by atoms with van der Waals surface area (Å²) >= 11 is 0. The fourth-order valence-corrected chi connectivity index (χ4v) is 2.12. The van der Waals surface area contributed by atoms with Crippen molar-refractivity contribution in [3.8, 4) is 0 Å². The van der Waals surface area contributed by atoms with Crippen LogP contribution in [0.4, 0.5) is 11.4 Å². The summed E-state index contributed by atoms with van der Waals surface area (Å²) in [5.74, 6) is -0.00507. The predicted octanol–water partition coefficient (Wildman–Crippen LogP) is 1.87. The van der Waals surface area contributed by atoms with Gasteiger partial charge in [0.2, 0.25) is 0 Å². The van der Waals surface area contributed by atoms with E-state index in [1.807, 2.05) is 24.3 Å². The predicted molar refractivity (Wildman–Crippen MR) is 68.4 cm³/mol. The molecule has 1 heterocycles. The van der Waals surface area contributed by atoms with Crippen molar-refractivity contribution in [1.82, 2.24) is 0 Å². The maximum atomic E-state index is 12.0. The van der Waals surface area contributed by atoms with E-state index >= 15 is 0 Å². The molecule has 17 heavy (non-hydrogen) atoms. The molecule has 92 valence electrons. The number of carbonyl (C=O) groups excluding carboxylic acids is 1. The first-order chi connectivity index (χ1) is 8.03. The first-order valence-electron chi connectivity index (χ1n) is 5.70. The third-order valence-corrected chi connectivity index (χ3v) is 2.79. The van der Waals surface area contributed by atoms with Crippen LogP contribution in [0.25, 0.3) is 0 Å². The van der Waals surface area contributed by atoms with Gasteiger partial charge < -0.3 is 15.0 Å². The largest absolute Gasteiger partial charge is 0.377 e. The lowest BCUT2D eigenvalue weighted by molar-refractivity contribution is -0.122. The van der Waals surface area contributed by atoms with Crippen molar-refractivity contribution in [2.45, 2.75) is 19.4 Å². The van der Waals surface area contributed by atoms with E-state index < -0.39 is 0 Å². The molecular weight excluding hydrogens is 216 g/mol. The SMILES string of the molecule is COCC(=O)N1CC(C)(C)Nc2ccccc21. The molecular formula is C13H18N2O2. The van der Waals surface area contributed by atoms with Crippen molar-refractivity contribution in [1.29, 1.82) is 0 Å². The Bertz CT molecular complexity index is 429. The van der Waals surface area contributed by atoms with Crippen LogP contribution in [-0.2, 0) is 9.53 Å². The lowest BCUT2D eigenvalue weighted by Crippen LogP contribution is -2.51. The zero-order chi connectivity index (χ0) is 12.5. The van der Waals surface area contributed by atoms with Crippen LogP contribution in [0.1, 0.15) is 13.8 Å². The first kappa shape index (κ1) is 11.9. The number of amides is 1. The lowest BCUT2D eigenvalue weighted by Gasteiger charge is -2.40. The summed E-state index contributed by atoms with van der Waals surface area (Å²) in [6.45, 7) is 4.92. The molecule has 0 saturated carbocycles. The molecule has 1 aliphatic rings. The highest BCUT2D eigenvalue weighted by Crippen LogP contribution is 2.34. The van der Waals surface area contributed by atoms with Gasteiger partial charge in [0.25, 0.3) is 5.91 Å². The van der Waals surface area contributed by atoms with E-state index in [0.29, 0.717) is 6.54 Å². The van der Waals surface area contributed by atoms with E-state index in [-0.39, 0.29) is 18.1 Å². The third kappa shape index (κ3) is 2.42. The molecule has 0 saturated heterocycles. The molecule has 4 heteroatoms. The lowest BCUT2D eigenvalue weighted by atomic mass is 9.99. The molecule has 0 spiro atoms. The van der Waals surface area contributed by atoms with Gasteiger partial charge in [-0.15, -0.1) is 0 Å². The number of benzene rings is 1. The quantitative estimate of drug-likeness (QED) is 0.849. The number of para-hydroxylation sites is 2. The molecule has 1 aromatic rings. The van der Waals surface area contributed by atoms with Gasteiger partial charge in [-0.1, -0.05) is 12.1 Å². The second-order valence-corrected chi connectivity index (χ2v) is 4.94. The van der Waals surface area contributed by atoms with Crippen LogP contribution >= 0.6 is 0 Å². The van der Waals surface area contributed by atoms with Gasteiger partial charge in [0.1, 0.15) is 6.61 Å². The van der Waals surface area contributed by atoms with Crippen LogP contribution in [0, 0.1) is 0 Å². The minimum atomic E-state index is -0.127. The van der Waals surface area contributed by atoms with Crippen molar-refractivity contribution in [2.24, 2.45) is 0 Å². The van der Waals surface area contributed by atoms with Crippen LogP contribution in [-0.4, -0.2) is 31.7 Å². The fraction of sp³-hybridized carbons (Fsp3) is 0.462. The summed E-state index contributed by atoms with van der Waals surface area (Å²) in [5, 5.41) is 3.43. The normalized spacial score (nSPS) is 17.2. The molecule has 0 aliphatic carbocycles. The molecule has 0 radical (unpaired) electrons.